The number of hydrogen-bond donors (Lipinski definition) is 1. The third-order valence-corrected chi connectivity index (χ3v) is 3.81. The van der Waals surface area contributed by atoms with Crippen LogP contribution in [0.3, 0.4) is 0 Å². The molecule has 1 fully saturated rings. The van der Waals surface area contributed by atoms with Gasteiger partial charge in [0.2, 0.25) is 0 Å². The van der Waals surface area contributed by atoms with E-state index < -0.39 is 0 Å². The standard InChI is InChI=1S/C17H21N3O/c1-2-13-10-19-17(20-11-13)9-14-3-5-15(6-4-14)16-12-18-7-8-21-16/h3-6,10-11,16,18H,2,7-9,12H2,1H3/t16-/m1/s1. The van der Waals surface area contributed by atoms with E-state index in [1.165, 1.54) is 16.7 Å². The van der Waals surface area contributed by atoms with E-state index in [0.29, 0.717) is 0 Å². The van der Waals surface area contributed by atoms with E-state index in [-0.39, 0.29) is 6.10 Å². The molecular weight excluding hydrogens is 262 g/mol. The van der Waals surface area contributed by atoms with Gasteiger partial charge in [-0.15, -0.1) is 0 Å². The van der Waals surface area contributed by atoms with Gasteiger partial charge in [-0.2, -0.15) is 0 Å². The molecule has 1 saturated heterocycles. The Morgan fingerprint density at radius 1 is 1.14 bits per heavy atom. The fourth-order valence-electron chi connectivity index (χ4n) is 2.47. The minimum Gasteiger partial charge on any atom is -0.371 e. The van der Waals surface area contributed by atoms with E-state index in [9.17, 15) is 0 Å². The van der Waals surface area contributed by atoms with E-state index in [0.717, 1.165) is 38.4 Å². The van der Waals surface area contributed by atoms with Crippen LogP contribution in [0.15, 0.2) is 36.7 Å². The third-order valence-electron chi connectivity index (χ3n) is 3.81. The maximum Gasteiger partial charge on any atom is 0.132 e. The summed E-state index contributed by atoms with van der Waals surface area (Å²) >= 11 is 0. The van der Waals surface area contributed by atoms with Crippen LogP contribution in [0.2, 0.25) is 0 Å². The molecule has 3 rings (SSSR count). The number of morpholine rings is 1. The van der Waals surface area contributed by atoms with Gasteiger partial charge < -0.3 is 10.1 Å². The molecule has 1 N–H and O–H groups in total. The fourth-order valence-corrected chi connectivity index (χ4v) is 2.47. The molecule has 4 heteroatoms. The van der Waals surface area contributed by atoms with Crippen LogP contribution in [-0.2, 0) is 17.6 Å². The van der Waals surface area contributed by atoms with Gasteiger partial charge in [0.1, 0.15) is 5.82 Å². The lowest BCUT2D eigenvalue weighted by molar-refractivity contribution is 0.0277. The summed E-state index contributed by atoms with van der Waals surface area (Å²) in [5, 5.41) is 3.35. The Morgan fingerprint density at radius 2 is 1.90 bits per heavy atom. The number of benzene rings is 1. The highest BCUT2D eigenvalue weighted by Crippen LogP contribution is 2.19. The lowest BCUT2D eigenvalue weighted by Crippen LogP contribution is -2.33. The van der Waals surface area contributed by atoms with Crippen molar-refractivity contribution < 1.29 is 4.74 Å². The average Bonchev–Trinajstić information content (AvgIpc) is 2.57. The van der Waals surface area contributed by atoms with E-state index in [4.69, 9.17) is 4.74 Å². The molecule has 21 heavy (non-hydrogen) atoms. The minimum absolute atomic E-state index is 0.174. The molecule has 1 aliphatic rings. The van der Waals surface area contributed by atoms with Gasteiger partial charge in [-0.05, 0) is 23.1 Å². The van der Waals surface area contributed by atoms with Gasteiger partial charge in [-0.3, -0.25) is 0 Å². The zero-order valence-electron chi connectivity index (χ0n) is 12.4. The first-order chi connectivity index (χ1) is 10.3. The van der Waals surface area contributed by atoms with Crippen LogP contribution in [0.4, 0.5) is 0 Å². The largest absolute Gasteiger partial charge is 0.371 e. The van der Waals surface area contributed by atoms with Crippen molar-refractivity contribution in [2.24, 2.45) is 0 Å². The zero-order chi connectivity index (χ0) is 14.5. The third kappa shape index (κ3) is 3.65. The molecule has 1 aliphatic heterocycles. The molecule has 2 heterocycles. The zero-order valence-corrected chi connectivity index (χ0v) is 12.4. The summed E-state index contributed by atoms with van der Waals surface area (Å²) < 4.78 is 5.76. The van der Waals surface area contributed by atoms with Crippen molar-refractivity contribution >= 4 is 0 Å². The van der Waals surface area contributed by atoms with Crippen molar-refractivity contribution in [3.63, 3.8) is 0 Å². The fraction of sp³-hybridized carbons (Fsp3) is 0.412. The van der Waals surface area contributed by atoms with Crippen molar-refractivity contribution in [2.75, 3.05) is 19.7 Å². The van der Waals surface area contributed by atoms with Crippen LogP contribution in [-0.4, -0.2) is 29.7 Å². The van der Waals surface area contributed by atoms with Gasteiger partial charge in [0.05, 0.1) is 12.7 Å². The number of ether oxygens (including phenoxy) is 1. The van der Waals surface area contributed by atoms with Crippen LogP contribution < -0.4 is 5.32 Å². The first-order valence-corrected chi connectivity index (χ1v) is 7.56. The maximum atomic E-state index is 5.76. The molecule has 2 aromatic rings. The monoisotopic (exact) mass is 283 g/mol. The van der Waals surface area contributed by atoms with E-state index in [1.807, 2.05) is 12.4 Å². The number of rotatable bonds is 4. The first kappa shape index (κ1) is 14.2. The summed E-state index contributed by atoms with van der Waals surface area (Å²) in [6.07, 6.45) is 5.75. The van der Waals surface area contributed by atoms with Crippen molar-refractivity contribution in [2.45, 2.75) is 25.9 Å². The summed E-state index contributed by atoms with van der Waals surface area (Å²) in [6.45, 7) is 4.73. The van der Waals surface area contributed by atoms with E-state index >= 15 is 0 Å². The van der Waals surface area contributed by atoms with Crippen molar-refractivity contribution in [3.05, 3.63) is 59.2 Å². The van der Waals surface area contributed by atoms with Gasteiger partial charge in [0.15, 0.2) is 0 Å². The quantitative estimate of drug-likeness (QED) is 0.935. The predicted octanol–water partition coefficient (Wildman–Crippen LogP) is 2.29. The maximum absolute atomic E-state index is 5.76. The summed E-state index contributed by atoms with van der Waals surface area (Å²) in [7, 11) is 0. The topological polar surface area (TPSA) is 47.0 Å². The van der Waals surface area contributed by atoms with Crippen molar-refractivity contribution in [3.8, 4) is 0 Å². The molecule has 110 valence electrons. The Labute approximate surface area is 125 Å². The molecular formula is C17H21N3O. The van der Waals surface area contributed by atoms with Crippen LogP contribution in [0.5, 0.6) is 0 Å². The Morgan fingerprint density at radius 3 is 2.52 bits per heavy atom. The molecule has 0 unspecified atom stereocenters. The molecule has 0 amide bonds. The Bertz CT molecular complexity index is 560. The van der Waals surface area contributed by atoms with Crippen LogP contribution in [0, 0.1) is 0 Å². The average molecular weight is 283 g/mol. The van der Waals surface area contributed by atoms with E-state index in [2.05, 4.69) is 46.5 Å². The Hall–Kier alpha value is -1.78. The van der Waals surface area contributed by atoms with Crippen LogP contribution in [0.1, 0.15) is 35.5 Å². The van der Waals surface area contributed by atoms with Crippen molar-refractivity contribution in [1.82, 2.24) is 15.3 Å². The van der Waals surface area contributed by atoms with Gasteiger partial charge in [-0.25, -0.2) is 9.97 Å². The first-order valence-electron chi connectivity index (χ1n) is 7.56. The van der Waals surface area contributed by atoms with Gasteiger partial charge in [-0.1, -0.05) is 31.2 Å². The van der Waals surface area contributed by atoms with Gasteiger partial charge >= 0.3 is 0 Å². The summed E-state index contributed by atoms with van der Waals surface area (Å²) in [5.41, 5.74) is 3.64. The summed E-state index contributed by atoms with van der Waals surface area (Å²) in [5.74, 6) is 0.871. The lowest BCUT2D eigenvalue weighted by Gasteiger charge is -2.24. The number of aromatic nitrogens is 2. The normalized spacial score (nSPS) is 18.6. The SMILES string of the molecule is CCc1cnc(Cc2ccc([C@H]3CNCCO3)cc2)nc1. The highest BCUT2D eigenvalue weighted by Gasteiger charge is 2.15. The molecule has 0 bridgehead atoms. The molecule has 0 spiro atoms. The second kappa shape index (κ2) is 6.78. The second-order valence-electron chi connectivity index (χ2n) is 5.34. The number of hydrogen-bond acceptors (Lipinski definition) is 4. The summed E-state index contributed by atoms with van der Waals surface area (Å²) in [6, 6.07) is 8.58. The Kier molecular flexibility index (Phi) is 4.58. The van der Waals surface area contributed by atoms with E-state index in [1.54, 1.807) is 0 Å². The minimum atomic E-state index is 0.174. The molecule has 0 saturated carbocycles. The molecule has 1 aromatic carbocycles. The van der Waals surface area contributed by atoms with Gasteiger partial charge in [0, 0.05) is 31.9 Å². The predicted molar refractivity (Wildman–Crippen MR) is 82.2 cm³/mol. The summed E-state index contributed by atoms with van der Waals surface area (Å²) in [4.78, 5) is 8.82. The molecule has 0 radical (unpaired) electrons. The number of nitrogens with one attached hydrogen (secondary N) is 1. The molecule has 4 nitrogen and oxygen atoms in total. The molecule has 1 aromatic heterocycles. The lowest BCUT2D eigenvalue weighted by atomic mass is 10.0. The Balaban J connectivity index is 1.65. The smallest absolute Gasteiger partial charge is 0.132 e. The highest BCUT2D eigenvalue weighted by molar-refractivity contribution is 5.27. The number of nitrogens with zero attached hydrogens (tertiary/aromatic N) is 2. The number of aryl methyl sites for hydroxylation is 1. The van der Waals surface area contributed by atoms with Crippen LogP contribution >= 0.6 is 0 Å². The second-order valence-corrected chi connectivity index (χ2v) is 5.34. The van der Waals surface area contributed by atoms with Gasteiger partial charge in [0.25, 0.3) is 0 Å². The molecule has 1 atom stereocenters. The highest BCUT2D eigenvalue weighted by atomic mass is 16.5. The van der Waals surface area contributed by atoms with Crippen molar-refractivity contribution in [1.29, 1.82) is 0 Å². The molecule has 0 aliphatic carbocycles. The van der Waals surface area contributed by atoms with Crippen LogP contribution in [0.25, 0.3) is 0 Å².